The lowest BCUT2D eigenvalue weighted by Gasteiger charge is -2.33. The third-order valence-corrected chi connectivity index (χ3v) is 6.20. The average molecular weight is 551 g/mol. The van der Waals surface area contributed by atoms with E-state index in [4.69, 9.17) is 38.3 Å². The van der Waals surface area contributed by atoms with Crippen molar-refractivity contribution >= 4 is 6.08 Å². The molecule has 0 spiro atoms. The molecule has 39 heavy (non-hydrogen) atoms. The van der Waals surface area contributed by atoms with Crippen LogP contribution >= 0.6 is 0 Å². The first kappa shape index (κ1) is 30.3. The third-order valence-electron chi connectivity index (χ3n) is 6.20. The molecule has 0 saturated carbocycles. The highest BCUT2D eigenvalue weighted by Crippen LogP contribution is 2.41. The number of rotatable bonds is 14. The smallest absolute Gasteiger partial charge is 0.203 e. The Bertz CT molecular complexity index is 1040. The predicted molar refractivity (Wildman–Crippen MR) is 142 cm³/mol. The van der Waals surface area contributed by atoms with Crippen molar-refractivity contribution in [2.75, 3.05) is 48.3 Å². The fourth-order valence-electron chi connectivity index (χ4n) is 4.32. The number of phenols is 1. The number of aliphatic hydroxyl groups is 3. The predicted octanol–water partition coefficient (Wildman–Crippen LogP) is 2.30. The summed E-state index contributed by atoms with van der Waals surface area (Å²) >= 11 is 0. The van der Waals surface area contributed by atoms with Crippen molar-refractivity contribution in [3.63, 3.8) is 0 Å². The van der Waals surface area contributed by atoms with E-state index in [0.29, 0.717) is 30.1 Å². The van der Waals surface area contributed by atoms with E-state index in [9.17, 15) is 15.3 Å². The van der Waals surface area contributed by atoms with E-state index in [1.807, 2.05) is 0 Å². The Labute approximate surface area is 228 Å². The van der Waals surface area contributed by atoms with E-state index in [1.54, 1.807) is 36.4 Å². The Morgan fingerprint density at radius 1 is 0.923 bits per heavy atom. The molecule has 0 bridgehead atoms. The molecule has 1 unspecified atom stereocenters. The summed E-state index contributed by atoms with van der Waals surface area (Å²) < 4.78 is 39.9. The molecule has 11 heteroatoms. The zero-order chi connectivity index (χ0) is 28.4. The van der Waals surface area contributed by atoms with Crippen LogP contribution in [0.15, 0.2) is 30.3 Å². The minimum absolute atomic E-state index is 0.0412. The third kappa shape index (κ3) is 8.13. The molecule has 4 atom stereocenters. The number of methoxy groups -OCH3 is 4. The van der Waals surface area contributed by atoms with Gasteiger partial charge in [-0.1, -0.05) is 12.2 Å². The highest BCUT2D eigenvalue weighted by atomic mass is 16.7. The summed E-state index contributed by atoms with van der Waals surface area (Å²) in [6, 6.07) is 6.85. The molecule has 0 aromatic heterocycles. The van der Waals surface area contributed by atoms with Gasteiger partial charge in [-0.05, 0) is 35.4 Å². The molecule has 1 aliphatic heterocycles. The molecular formula is C28H38O11. The van der Waals surface area contributed by atoms with Crippen molar-refractivity contribution in [2.24, 2.45) is 0 Å². The van der Waals surface area contributed by atoms with Gasteiger partial charge < -0.3 is 53.6 Å². The quantitative estimate of drug-likeness (QED) is 0.275. The van der Waals surface area contributed by atoms with Gasteiger partial charge in [-0.15, -0.1) is 0 Å². The maximum Gasteiger partial charge on any atom is 0.203 e. The SMILES string of the molecule is COc1cc(C[C@@H](CO[C@H]2CC(O)C[C@@H](CO)O2)Oc2c(OC)cc(/C=C/CO)cc2OC)cc(OC)c1O. The number of benzene rings is 2. The van der Waals surface area contributed by atoms with E-state index in [0.717, 1.165) is 11.1 Å². The summed E-state index contributed by atoms with van der Waals surface area (Å²) in [5, 5.41) is 39.1. The summed E-state index contributed by atoms with van der Waals surface area (Å²) in [4.78, 5) is 0. The molecule has 0 radical (unpaired) electrons. The molecule has 2 aromatic rings. The summed E-state index contributed by atoms with van der Waals surface area (Å²) in [5.74, 6) is 1.51. The van der Waals surface area contributed by atoms with Crippen LogP contribution in [0.5, 0.6) is 34.5 Å². The number of hydrogen-bond acceptors (Lipinski definition) is 11. The molecule has 216 valence electrons. The van der Waals surface area contributed by atoms with Crippen LogP contribution in [0.2, 0.25) is 0 Å². The molecular weight excluding hydrogens is 512 g/mol. The van der Waals surface area contributed by atoms with Crippen LogP contribution in [-0.2, 0) is 15.9 Å². The minimum Gasteiger partial charge on any atom is -0.502 e. The Kier molecular flexibility index (Phi) is 11.5. The van der Waals surface area contributed by atoms with Gasteiger partial charge in [-0.2, -0.15) is 0 Å². The van der Waals surface area contributed by atoms with E-state index >= 15 is 0 Å². The average Bonchev–Trinajstić information content (AvgIpc) is 2.95. The van der Waals surface area contributed by atoms with Crippen molar-refractivity contribution in [3.05, 3.63) is 41.5 Å². The van der Waals surface area contributed by atoms with Gasteiger partial charge >= 0.3 is 0 Å². The Morgan fingerprint density at radius 2 is 1.54 bits per heavy atom. The van der Waals surface area contributed by atoms with Gasteiger partial charge in [0.15, 0.2) is 29.3 Å². The van der Waals surface area contributed by atoms with Crippen LogP contribution in [0, 0.1) is 0 Å². The highest BCUT2D eigenvalue weighted by molar-refractivity contribution is 5.62. The number of hydrogen-bond donors (Lipinski definition) is 4. The number of phenolic OH excluding ortho intramolecular Hbond substituents is 1. The summed E-state index contributed by atoms with van der Waals surface area (Å²) in [7, 11) is 5.91. The van der Waals surface area contributed by atoms with Gasteiger partial charge in [0.25, 0.3) is 0 Å². The van der Waals surface area contributed by atoms with Crippen LogP contribution in [0.4, 0.5) is 0 Å². The maximum absolute atomic E-state index is 10.3. The van der Waals surface area contributed by atoms with Gasteiger partial charge in [0.05, 0.1) is 60.5 Å². The van der Waals surface area contributed by atoms with Crippen molar-refractivity contribution in [1.82, 2.24) is 0 Å². The molecule has 1 fully saturated rings. The highest BCUT2D eigenvalue weighted by Gasteiger charge is 2.30. The minimum atomic E-state index is -0.740. The second-order valence-electron chi connectivity index (χ2n) is 8.96. The van der Waals surface area contributed by atoms with Gasteiger partial charge in [0.2, 0.25) is 11.5 Å². The number of ether oxygens (including phenoxy) is 7. The number of aliphatic hydroxyl groups excluding tert-OH is 3. The molecule has 2 aromatic carbocycles. The first-order chi connectivity index (χ1) is 18.8. The largest absolute Gasteiger partial charge is 0.502 e. The number of aromatic hydroxyl groups is 1. The van der Waals surface area contributed by atoms with E-state index in [-0.39, 0.29) is 43.5 Å². The van der Waals surface area contributed by atoms with Gasteiger partial charge in [0, 0.05) is 19.3 Å². The normalized spacial score (nSPS) is 20.0. The summed E-state index contributed by atoms with van der Waals surface area (Å²) in [5.41, 5.74) is 1.47. The van der Waals surface area contributed by atoms with E-state index in [2.05, 4.69) is 0 Å². The van der Waals surface area contributed by atoms with E-state index in [1.165, 1.54) is 28.4 Å². The van der Waals surface area contributed by atoms with Crippen LogP contribution in [0.25, 0.3) is 6.08 Å². The fourth-order valence-corrected chi connectivity index (χ4v) is 4.32. The molecule has 0 amide bonds. The molecule has 0 aliphatic carbocycles. The Morgan fingerprint density at radius 3 is 2.08 bits per heavy atom. The second kappa shape index (κ2) is 14.8. The van der Waals surface area contributed by atoms with Crippen molar-refractivity contribution in [2.45, 2.75) is 43.9 Å². The van der Waals surface area contributed by atoms with Crippen LogP contribution in [-0.4, -0.2) is 93.3 Å². The monoisotopic (exact) mass is 550 g/mol. The first-order valence-electron chi connectivity index (χ1n) is 12.6. The van der Waals surface area contributed by atoms with Gasteiger partial charge in [-0.3, -0.25) is 0 Å². The van der Waals surface area contributed by atoms with Crippen molar-refractivity contribution in [1.29, 1.82) is 0 Å². The zero-order valence-electron chi connectivity index (χ0n) is 22.7. The zero-order valence-corrected chi connectivity index (χ0v) is 22.7. The summed E-state index contributed by atoms with van der Waals surface area (Å²) in [6.45, 7) is -0.300. The summed E-state index contributed by atoms with van der Waals surface area (Å²) in [6.07, 6.45) is 1.65. The topological polar surface area (TPSA) is 146 Å². The van der Waals surface area contributed by atoms with Gasteiger partial charge in [-0.25, -0.2) is 0 Å². The fraction of sp³-hybridized carbons (Fsp3) is 0.500. The van der Waals surface area contributed by atoms with Gasteiger partial charge in [0.1, 0.15) is 6.10 Å². The first-order valence-corrected chi connectivity index (χ1v) is 12.6. The Hall–Kier alpha value is -3.22. The molecule has 1 heterocycles. The lowest BCUT2D eigenvalue weighted by Crippen LogP contribution is -2.40. The standard InChI is InChI=1S/C28H38O11/c1-33-22-11-18(12-23(34-2)27(22)32)8-21(16-37-26-14-19(31)13-20(15-30)38-26)39-28-24(35-3)9-17(6-5-7-29)10-25(28)36-4/h5-6,9-12,19-21,26,29-32H,7-8,13-16H2,1-4H3/b6-5+/t19?,20-,21-,26+/m0/s1. The molecule has 1 aliphatic rings. The van der Waals surface area contributed by atoms with Crippen molar-refractivity contribution < 1.29 is 53.6 Å². The molecule has 4 N–H and O–H groups in total. The lowest BCUT2D eigenvalue weighted by atomic mass is 10.1. The second-order valence-corrected chi connectivity index (χ2v) is 8.96. The molecule has 3 rings (SSSR count). The Balaban J connectivity index is 1.93. The molecule has 11 nitrogen and oxygen atoms in total. The van der Waals surface area contributed by atoms with E-state index < -0.39 is 24.6 Å². The van der Waals surface area contributed by atoms with Crippen LogP contribution < -0.4 is 23.7 Å². The molecule has 1 saturated heterocycles. The van der Waals surface area contributed by atoms with Crippen molar-refractivity contribution in [3.8, 4) is 34.5 Å². The van der Waals surface area contributed by atoms with Crippen LogP contribution in [0.3, 0.4) is 0 Å². The lowest BCUT2D eigenvalue weighted by molar-refractivity contribution is -0.227. The maximum atomic E-state index is 10.3. The van der Waals surface area contributed by atoms with Crippen LogP contribution in [0.1, 0.15) is 24.0 Å².